The molecule has 36 heavy (non-hydrogen) atoms. The van der Waals surface area contributed by atoms with E-state index in [9.17, 15) is 5.26 Å². The summed E-state index contributed by atoms with van der Waals surface area (Å²) in [4.78, 5) is 9.30. The van der Waals surface area contributed by atoms with Crippen LogP contribution in [0.1, 0.15) is 12.0 Å². The molecule has 1 aromatic heterocycles. The van der Waals surface area contributed by atoms with Gasteiger partial charge in [0.05, 0.1) is 35.5 Å². The van der Waals surface area contributed by atoms with Gasteiger partial charge < -0.3 is 34.1 Å². The van der Waals surface area contributed by atoms with Gasteiger partial charge in [0.1, 0.15) is 11.8 Å². The number of benzene rings is 2. The number of ether oxygens (including phenoxy) is 4. The fraction of sp³-hybridized carbons (Fsp3) is 0.385. The van der Waals surface area contributed by atoms with Gasteiger partial charge in [-0.3, -0.25) is 4.98 Å². The smallest absolute Gasteiger partial charge is 0.231 e. The standard InChI is InChI=1S/C26H28ClN5O4/c1-31-7-9-32(10-8-31)6-3-11-34-23-13-20-18(12-22(23)33-2)24(17(14-28)15-29-20)30-25-19(27)4-5-21-26(25)36-16-35-21/h4-5,12-13,15H,3,6-11,16H2,1-2H3,(H,29,30). The highest BCUT2D eigenvalue weighted by Gasteiger charge is 2.23. The number of fused-ring (bicyclic) bond motifs is 2. The number of rotatable bonds is 8. The average Bonchev–Trinajstić information content (AvgIpc) is 3.38. The first kappa shape index (κ1) is 24.3. The van der Waals surface area contributed by atoms with Crippen molar-refractivity contribution in [2.24, 2.45) is 0 Å². The summed E-state index contributed by atoms with van der Waals surface area (Å²) in [6.45, 7) is 6.04. The molecular formula is C26H28ClN5O4. The second kappa shape index (κ2) is 10.7. The molecule has 5 rings (SSSR count). The molecule has 0 atom stereocenters. The van der Waals surface area contributed by atoms with Crippen LogP contribution in [-0.2, 0) is 0 Å². The monoisotopic (exact) mass is 509 g/mol. The number of methoxy groups -OCH3 is 1. The van der Waals surface area contributed by atoms with E-state index in [2.05, 4.69) is 33.2 Å². The van der Waals surface area contributed by atoms with Crippen LogP contribution in [0.3, 0.4) is 0 Å². The van der Waals surface area contributed by atoms with Gasteiger partial charge in [0.25, 0.3) is 0 Å². The summed E-state index contributed by atoms with van der Waals surface area (Å²) in [6.07, 6.45) is 2.45. The second-order valence-electron chi connectivity index (χ2n) is 8.81. The number of aromatic nitrogens is 1. The lowest BCUT2D eigenvalue weighted by atomic mass is 10.1. The van der Waals surface area contributed by atoms with Crippen LogP contribution in [-0.4, -0.2) is 75.1 Å². The van der Waals surface area contributed by atoms with E-state index in [1.165, 1.54) is 6.20 Å². The maximum Gasteiger partial charge on any atom is 0.231 e. The molecule has 1 fully saturated rings. The largest absolute Gasteiger partial charge is 0.493 e. The SMILES string of the molecule is COc1cc2c(Nc3c(Cl)ccc4c3OCO4)c(C#N)cnc2cc1OCCCN1CCN(C)CC1. The van der Waals surface area contributed by atoms with Crippen LogP contribution in [0.4, 0.5) is 11.4 Å². The van der Waals surface area contributed by atoms with E-state index >= 15 is 0 Å². The lowest BCUT2D eigenvalue weighted by Gasteiger charge is -2.32. The van der Waals surface area contributed by atoms with Crippen molar-refractivity contribution in [3.8, 4) is 29.1 Å². The van der Waals surface area contributed by atoms with Crippen LogP contribution in [0, 0.1) is 11.3 Å². The molecule has 0 saturated carbocycles. The van der Waals surface area contributed by atoms with Gasteiger partial charge in [-0.25, -0.2) is 0 Å². The Balaban J connectivity index is 1.39. The molecule has 0 radical (unpaired) electrons. The summed E-state index contributed by atoms with van der Waals surface area (Å²) < 4.78 is 22.8. The van der Waals surface area contributed by atoms with Crippen molar-refractivity contribution in [3.05, 3.63) is 41.0 Å². The molecule has 2 aliphatic heterocycles. The number of likely N-dealkylation sites (N-methyl/N-ethyl adjacent to an activating group) is 1. The Morgan fingerprint density at radius 3 is 2.75 bits per heavy atom. The predicted octanol–water partition coefficient (Wildman–Crippen LogP) is 4.26. The fourth-order valence-corrected chi connectivity index (χ4v) is 4.62. The Morgan fingerprint density at radius 1 is 1.14 bits per heavy atom. The van der Waals surface area contributed by atoms with Gasteiger partial charge in [0, 0.05) is 50.4 Å². The second-order valence-corrected chi connectivity index (χ2v) is 9.21. The zero-order valence-corrected chi connectivity index (χ0v) is 21.1. The molecule has 188 valence electrons. The van der Waals surface area contributed by atoms with Crippen molar-refractivity contribution >= 4 is 33.9 Å². The van der Waals surface area contributed by atoms with Crippen molar-refractivity contribution in [2.75, 3.05) is 65.6 Å². The van der Waals surface area contributed by atoms with Crippen molar-refractivity contribution in [3.63, 3.8) is 0 Å². The molecule has 3 heterocycles. The van der Waals surface area contributed by atoms with Gasteiger partial charge >= 0.3 is 0 Å². The Labute approximate surface area is 215 Å². The summed E-state index contributed by atoms with van der Waals surface area (Å²) in [6, 6.07) is 9.35. The number of hydrogen-bond acceptors (Lipinski definition) is 9. The third-order valence-corrected chi connectivity index (χ3v) is 6.80. The third-order valence-electron chi connectivity index (χ3n) is 6.48. The predicted molar refractivity (Wildman–Crippen MR) is 138 cm³/mol. The molecule has 2 aliphatic rings. The summed E-state index contributed by atoms with van der Waals surface area (Å²) in [7, 11) is 3.75. The lowest BCUT2D eigenvalue weighted by molar-refractivity contribution is 0.145. The molecule has 1 N–H and O–H groups in total. The molecule has 0 spiro atoms. The van der Waals surface area contributed by atoms with Crippen LogP contribution in [0.25, 0.3) is 10.9 Å². The zero-order valence-electron chi connectivity index (χ0n) is 20.3. The van der Waals surface area contributed by atoms with Crippen molar-refractivity contribution in [2.45, 2.75) is 6.42 Å². The highest BCUT2D eigenvalue weighted by Crippen LogP contribution is 2.46. The Kier molecular flexibility index (Phi) is 7.18. The summed E-state index contributed by atoms with van der Waals surface area (Å²) in [5.41, 5.74) is 2.09. The van der Waals surface area contributed by atoms with E-state index in [4.69, 9.17) is 30.5 Å². The Bertz CT molecular complexity index is 1300. The van der Waals surface area contributed by atoms with Gasteiger partial charge in [-0.1, -0.05) is 11.6 Å². The number of piperazine rings is 1. The van der Waals surface area contributed by atoms with E-state index in [0.717, 1.165) is 39.1 Å². The van der Waals surface area contributed by atoms with Crippen molar-refractivity contribution in [1.29, 1.82) is 5.26 Å². The molecule has 9 nitrogen and oxygen atoms in total. The molecule has 0 bridgehead atoms. The number of nitrogens with one attached hydrogen (secondary N) is 1. The summed E-state index contributed by atoms with van der Waals surface area (Å²) in [5, 5.41) is 14.2. The quantitative estimate of drug-likeness (QED) is 0.447. The average molecular weight is 510 g/mol. The van der Waals surface area contributed by atoms with E-state index in [-0.39, 0.29) is 6.79 Å². The van der Waals surface area contributed by atoms with Crippen molar-refractivity contribution in [1.82, 2.24) is 14.8 Å². The highest BCUT2D eigenvalue weighted by atomic mass is 35.5. The van der Waals surface area contributed by atoms with Crippen molar-refractivity contribution < 1.29 is 18.9 Å². The summed E-state index contributed by atoms with van der Waals surface area (Å²) >= 11 is 6.48. The van der Waals surface area contributed by atoms with Gasteiger partial charge in [-0.2, -0.15) is 5.26 Å². The van der Waals surface area contributed by atoms with E-state index in [1.54, 1.807) is 19.2 Å². The first-order chi connectivity index (χ1) is 17.6. The Hall–Kier alpha value is -3.45. The zero-order chi connectivity index (χ0) is 25.1. The van der Waals surface area contributed by atoms with Gasteiger partial charge in [0.2, 0.25) is 6.79 Å². The number of hydrogen-bond donors (Lipinski definition) is 1. The third kappa shape index (κ3) is 4.93. The van der Waals surface area contributed by atoms with Crippen LogP contribution < -0.4 is 24.3 Å². The van der Waals surface area contributed by atoms with E-state index < -0.39 is 0 Å². The molecular weight excluding hydrogens is 482 g/mol. The molecule has 0 aliphatic carbocycles. The number of halogens is 1. The topological polar surface area (TPSA) is 92.1 Å². The van der Waals surface area contributed by atoms with Crippen LogP contribution in [0.2, 0.25) is 5.02 Å². The fourth-order valence-electron chi connectivity index (χ4n) is 4.42. The molecule has 3 aromatic rings. The van der Waals surface area contributed by atoms with E-state index in [0.29, 0.717) is 62.5 Å². The maximum atomic E-state index is 9.78. The molecule has 10 heteroatoms. The highest BCUT2D eigenvalue weighted by molar-refractivity contribution is 6.34. The van der Waals surface area contributed by atoms with Gasteiger partial charge in [0.15, 0.2) is 23.0 Å². The van der Waals surface area contributed by atoms with Crippen LogP contribution in [0.5, 0.6) is 23.0 Å². The van der Waals surface area contributed by atoms with Crippen LogP contribution >= 0.6 is 11.6 Å². The van der Waals surface area contributed by atoms with Gasteiger partial charge in [-0.15, -0.1) is 0 Å². The lowest BCUT2D eigenvalue weighted by Crippen LogP contribution is -2.44. The van der Waals surface area contributed by atoms with E-state index in [1.807, 2.05) is 12.1 Å². The normalized spacial score (nSPS) is 15.6. The Morgan fingerprint density at radius 2 is 1.97 bits per heavy atom. The number of anilines is 2. The van der Waals surface area contributed by atoms with Crippen LogP contribution in [0.15, 0.2) is 30.5 Å². The summed E-state index contributed by atoms with van der Waals surface area (Å²) in [5.74, 6) is 2.26. The molecule has 2 aromatic carbocycles. The number of pyridine rings is 1. The molecule has 0 unspecified atom stereocenters. The molecule has 0 amide bonds. The van der Waals surface area contributed by atoms with Gasteiger partial charge in [-0.05, 0) is 31.7 Å². The first-order valence-electron chi connectivity index (χ1n) is 11.9. The maximum absolute atomic E-state index is 9.78. The number of nitriles is 1. The minimum atomic E-state index is 0.107. The first-order valence-corrected chi connectivity index (χ1v) is 12.2. The minimum absolute atomic E-state index is 0.107. The molecule has 1 saturated heterocycles. The minimum Gasteiger partial charge on any atom is -0.493 e. The number of nitrogens with zero attached hydrogens (tertiary/aromatic N) is 4.